The summed E-state index contributed by atoms with van der Waals surface area (Å²) in [6.07, 6.45) is 6.42. The quantitative estimate of drug-likeness (QED) is 0.862. The SMILES string of the molecule is NC(CC1CCCCC1)C(=O)N1CCOCC(F)(F)C1. The number of ether oxygens (including phenoxy) is 1. The Kier molecular flexibility index (Phi) is 5.32. The molecule has 20 heavy (non-hydrogen) atoms. The molecule has 6 heteroatoms. The fraction of sp³-hybridized carbons (Fsp3) is 0.929. The molecule has 2 rings (SSSR count). The van der Waals surface area contributed by atoms with Crippen molar-refractivity contribution in [2.75, 3.05) is 26.3 Å². The van der Waals surface area contributed by atoms with Crippen molar-refractivity contribution in [3.05, 3.63) is 0 Å². The first kappa shape index (κ1) is 15.6. The third-order valence-corrected chi connectivity index (χ3v) is 4.18. The molecular weight excluding hydrogens is 266 g/mol. The van der Waals surface area contributed by atoms with Gasteiger partial charge in [0.2, 0.25) is 5.91 Å². The van der Waals surface area contributed by atoms with Gasteiger partial charge in [0.05, 0.1) is 19.2 Å². The minimum Gasteiger partial charge on any atom is -0.373 e. The Morgan fingerprint density at radius 2 is 2.05 bits per heavy atom. The molecule has 0 spiro atoms. The number of hydrogen-bond acceptors (Lipinski definition) is 3. The van der Waals surface area contributed by atoms with Crippen LogP contribution in [0.5, 0.6) is 0 Å². The largest absolute Gasteiger partial charge is 0.373 e. The summed E-state index contributed by atoms with van der Waals surface area (Å²) in [5.41, 5.74) is 5.94. The van der Waals surface area contributed by atoms with Crippen molar-refractivity contribution in [1.82, 2.24) is 4.90 Å². The number of halogens is 2. The molecule has 1 aliphatic carbocycles. The van der Waals surface area contributed by atoms with Crippen LogP contribution in [0.2, 0.25) is 0 Å². The van der Waals surface area contributed by atoms with Gasteiger partial charge in [-0.3, -0.25) is 4.79 Å². The number of alkyl halides is 2. The van der Waals surface area contributed by atoms with Gasteiger partial charge in [0.1, 0.15) is 6.61 Å². The Morgan fingerprint density at radius 3 is 2.75 bits per heavy atom. The molecule has 0 aromatic heterocycles. The molecule has 0 bridgehead atoms. The molecule has 0 aromatic carbocycles. The maximum Gasteiger partial charge on any atom is 0.288 e. The summed E-state index contributed by atoms with van der Waals surface area (Å²) in [6.45, 7) is -0.844. The van der Waals surface area contributed by atoms with E-state index in [1.165, 1.54) is 24.2 Å². The van der Waals surface area contributed by atoms with Crippen LogP contribution in [0.25, 0.3) is 0 Å². The van der Waals surface area contributed by atoms with Gasteiger partial charge in [-0.25, -0.2) is 8.78 Å². The third kappa shape index (κ3) is 4.38. The van der Waals surface area contributed by atoms with Crippen molar-refractivity contribution < 1.29 is 18.3 Å². The van der Waals surface area contributed by atoms with Crippen LogP contribution in [0.4, 0.5) is 8.78 Å². The molecule has 0 aromatic rings. The molecule has 2 aliphatic rings. The Bertz CT molecular complexity index is 333. The van der Waals surface area contributed by atoms with Gasteiger partial charge in [0, 0.05) is 6.54 Å². The van der Waals surface area contributed by atoms with Crippen molar-refractivity contribution in [2.24, 2.45) is 11.7 Å². The summed E-state index contributed by atoms with van der Waals surface area (Å²) in [5.74, 6) is -2.87. The lowest BCUT2D eigenvalue weighted by Crippen LogP contribution is -2.49. The third-order valence-electron chi connectivity index (χ3n) is 4.18. The fourth-order valence-corrected chi connectivity index (χ4v) is 3.11. The maximum atomic E-state index is 13.4. The Labute approximate surface area is 118 Å². The van der Waals surface area contributed by atoms with Gasteiger partial charge in [-0.15, -0.1) is 0 Å². The van der Waals surface area contributed by atoms with E-state index in [0.29, 0.717) is 12.3 Å². The van der Waals surface area contributed by atoms with E-state index in [4.69, 9.17) is 10.5 Å². The first-order valence-corrected chi connectivity index (χ1v) is 7.48. The fourth-order valence-electron chi connectivity index (χ4n) is 3.11. The molecule has 4 nitrogen and oxygen atoms in total. The predicted octanol–water partition coefficient (Wildman–Crippen LogP) is 1.78. The number of hydrogen-bond donors (Lipinski definition) is 1. The molecule has 116 valence electrons. The van der Waals surface area contributed by atoms with Crippen LogP contribution in [0.3, 0.4) is 0 Å². The molecule has 1 aliphatic heterocycles. The Morgan fingerprint density at radius 1 is 1.35 bits per heavy atom. The standard InChI is InChI=1S/C14H24F2N2O2/c15-14(16)9-18(6-7-20-10-14)13(19)12(17)8-11-4-2-1-3-5-11/h11-12H,1-10,17H2. The van der Waals surface area contributed by atoms with Gasteiger partial charge < -0.3 is 15.4 Å². The summed E-state index contributed by atoms with van der Waals surface area (Å²) in [6, 6.07) is -0.660. The maximum absolute atomic E-state index is 13.4. The zero-order chi connectivity index (χ0) is 14.6. The number of carbonyl (C=O) groups excluding carboxylic acids is 1. The summed E-state index contributed by atoms with van der Waals surface area (Å²) in [7, 11) is 0. The number of nitrogens with two attached hydrogens (primary N) is 1. The molecule has 1 saturated heterocycles. The van der Waals surface area contributed by atoms with Gasteiger partial charge in [0.15, 0.2) is 0 Å². The molecule has 1 unspecified atom stereocenters. The van der Waals surface area contributed by atoms with Crippen molar-refractivity contribution in [3.8, 4) is 0 Å². The first-order chi connectivity index (χ1) is 9.48. The Balaban J connectivity index is 1.87. The van der Waals surface area contributed by atoms with Gasteiger partial charge in [-0.1, -0.05) is 32.1 Å². The van der Waals surface area contributed by atoms with E-state index in [9.17, 15) is 13.6 Å². The topological polar surface area (TPSA) is 55.6 Å². The molecule has 1 atom stereocenters. The molecule has 2 N–H and O–H groups in total. The van der Waals surface area contributed by atoms with Crippen LogP contribution in [0, 0.1) is 5.92 Å². The molecular formula is C14H24F2N2O2. The average Bonchev–Trinajstić information content (AvgIpc) is 2.60. The smallest absolute Gasteiger partial charge is 0.288 e. The molecule has 1 heterocycles. The van der Waals surface area contributed by atoms with E-state index >= 15 is 0 Å². The van der Waals surface area contributed by atoms with E-state index in [1.54, 1.807) is 0 Å². The lowest BCUT2D eigenvalue weighted by molar-refractivity contribution is -0.137. The highest BCUT2D eigenvalue weighted by Crippen LogP contribution is 2.27. The van der Waals surface area contributed by atoms with Crippen LogP contribution in [0.15, 0.2) is 0 Å². The molecule has 2 fully saturated rings. The molecule has 1 amide bonds. The zero-order valence-electron chi connectivity index (χ0n) is 11.8. The van der Waals surface area contributed by atoms with Gasteiger partial charge in [-0.2, -0.15) is 0 Å². The lowest BCUT2D eigenvalue weighted by Gasteiger charge is -2.29. The normalized spacial score (nSPS) is 26.1. The number of nitrogens with zero attached hydrogens (tertiary/aromatic N) is 1. The number of carbonyl (C=O) groups is 1. The van der Waals surface area contributed by atoms with Crippen molar-refractivity contribution in [1.29, 1.82) is 0 Å². The Hall–Kier alpha value is -0.750. The van der Waals surface area contributed by atoms with E-state index in [-0.39, 0.29) is 19.1 Å². The summed E-state index contributed by atoms with van der Waals surface area (Å²) in [5, 5.41) is 0. The monoisotopic (exact) mass is 290 g/mol. The second-order valence-electron chi connectivity index (χ2n) is 6.01. The van der Waals surface area contributed by atoms with Crippen molar-refractivity contribution in [3.63, 3.8) is 0 Å². The van der Waals surface area contributed by atoms with Crippen LogP contribution >= 0.6 is 0 Å². The second-order valence-corrected chi connectivity index (χ2v) is 6.01. The number of rotatable bonds is 3. The number of amides is 1. The average molecular weight is 290 g/mol. The van der Waals surface area contributed by atoms with Crippen molar-refractivity contribution in [2.45, 2.75) is 50.5 Å². The van der Waals surface area contributed by atoms with Crippen LogP contribution < -0.4 is 5.73 Å². The lowest BCUT2D eigenvalue weighted by atomic mass is 9.85. The van der Waals surface area contributed by atoms with E-state index in [0.717, 1.165) is 12.8 Å². The van der Waals surface area contributed by atoms with Crippen molar-refractivity contribution >= 4 is 5.91 Å². The first-order valence-electron chi connectivity index (χ1n) is 7.48. The zero-order valence-corrected chi connectivity index (χ0v) is 11.8. The second kappa shape index (κ2) is 6.80. The van der Waals surface area contributed by atoms with E-state index < -0.39 is 25.1 Å². The van der Waals surface area contributed by atoms with Crippen LogP contribution in [0.1, 0.15) is 38.5 Å². The summed E-state index contributed by atoms with van der Waals surface area (Å²) < 4.78 is 31.7. The highest BCUT2D eigenvalue weighted by molar-refractivity contribution is 5.81. The van der Waals surface area contributed by atoms with Gasteiger partial charge >= 0.3 is 0 Å². The highest BCUT2D eigenvalue weighted by Gasteiger charge is 2.37. The molecule has 1 saturated carbocycles. The van der Waals surface area contributed by atoms with Gasteiger partial charge in [-0.05, 0) is 12.3 Å². The minimum absolute atomic E-state index is 0.150. The van der Waals surface area contributed by atoms with Crippen LogP contribution in [-0.2, 0) is 9.53 Å². The summed E-state index contributed by atoms with van der Waals surface area (Å²) in [4.78, 5) is 13.4. The highest BCUT2D eigenvalue weighted by atomic mass is 19.3. The van der Waals surface area contributed by atoms with E-state index in [2.05, 4.69) is 0 Å². The van der Waals surface area contributed by atoms with Crippen LogP contribution in [-0.4, -0.2) is 49.1 Å². The predicted molar refractivity (Wildman–Crippen MR) is 71.5 cm³/mol. The summed E-state index contributed by atoms with van der Waals surface area (Å²) >= 11 is 0. The molecule has 0 radical (unpaired) electrons. The minimum atomic E-state index is -2.98. The van der Waals surface area contributed by atoms with Gasteiger partial charge in [0.25, 0.3) is 5.92 Å². The van der Waals surface area contributed by atoms with E-state index in [1.807, 2.05) is 0 Å².